The van der Waals surface area contributed by atoms with Crippen molar-refractivity contribution in [3.8, 4) is 11.4 Å². The molecule has 158 valence electrons. The fourth-order valence-electron chi connectivity index (χ4n) is 4.01. The third-order valence-corrected chi connectivity index (χ3v) is 5.79. The molecule has 3 aromatic rings. The Hall–Kier alpha value is -2.93. The molecule has 0 saturated heterocycles. The highest BCUT2D eigenvalue weighted by Gasteiger charge is 2.23. The normalized spacial score (nSPS) is 14.7. The summed E-state index contributed by atoms with van der Waals surface area (Å²) in [5.74, 6) is 0.522. The van der Waals surface area contributed by atoms with Crippen LogP contribution in [-0.2, 0) is 11.2 Å². The predicted octanol–water partition coefficient (Wildman–Crippen LogP) is 3.13. The van der Waals surface area contributed by atoms with Crippen LogP contribution in [0.3, 0.4) is 0 Å². The molecule has 1 amide bonds. The molecular weight excluding hydrogens is 380 g/mol. The van der Waals surface area contributed by atoms with Crippen LogP contribution in [0.2, 0.25) is 0 Å². The number of likely N-dealkylation sites (N-methyl/N-ethyl adjacent to an activating group) is 1. The Balaban J connectivity index is 1.55. The third kappa shape index (κ3) is 4.46. The van der Waals surface area contributed by atoms with E-state index in [0.29, 0.717) is 23.9 Å². The molecule has 0 unspecified atom stereocenters. The van der Waals surface area contributed by atoms with Gasteiger partial charge in [-0.15, -0.1) is 15.0 Å². The highest BCUT2D eigenvalue weighted by atomic mass is 16.5. The van der Waals surface area contributed by atoms with Gasteiger partial charge in [-0.3, -0.25) is 4.79 Å². The first-order valence-corrected chi connectivity index (χ1v) is 10.6. The molecule has 1 aliphatic carbocycles. The summed E-state index contributed by atoms with van der Waals surface area (Å²) in [7, 11) is 1.87. The van der Waals surface area contributed by atoms with E-state index in [1.165, 1.54) is 24.1 Å². The molecule has 1 saturated carbocycles. The summed E-state index contributed by atoms with van der Waals surface area (Å²) in [6, 6.07) is 13.6. The fraction of sp³-hybridized carbons (Fsp3) is 0.435. The highest BCUT2D eigenvalue weighted by Crippen LogP contribution is 2.26. The first-order chi connectivity index (χ1) is 14.7. The maximum absolute atomic E-state index is 12.7. The van der Waals surface area contributed by atoms with Crippen molar-refractivity contribution in [2.24, 2.45) is 0 Å². The monoisotopic (exact) mass is 408 g/mol. The lowest BCUT2D eigenvalue weighted by atomic mass is 9.94. The molecule has 0 spiro atoms. The second-order valence-electron chi connectivity index (χ2n) is 7.84. The summed E-state index contributed by atoms with van der Waals surface area (Å²) < 4.78 is 5.94. The zero-order valence-corrected chi connectivity index (χ0v) is 17.3. The molecule has 7 heteroatoms. The summed E-state index contributed by atoms with van der Waals surface area (Å²) in [4.78, 5) is 16.1. The number of rotatable bonds is 7. The van der Waals surface area contributed by atoms with Crippen LogP contribution < -0.4 is 4.74 Å². The van der Waals surface area contributed by atoms with Gasteiger partial charge in [0.1, 0.15) is 22.5 Å². The van der Waals surface area contributed by atoms with Gasteiger partial charge in [-0.25, -0.2) is 0 Å². The molecular formula is C23H28N4O3. The van der Waals surface area contributed by atoms with E-state index in [0.717, 1.165) is 29.4 Å². The quantitative estimate of drug-likeness (QED) is 0.650. The largest absolute Gasteiger partial charge is 0.481 e. The summed E-state index contributed by atoms with van der Waals surface area (Å²) >= 11 is 0. The second kappa shape index (κ2) is 9.26. The molecule has 7 nitrogen and oxygen atoms in total. The van der Waals surface area contributed by atoms with E-state index in [-0.39, 0.29) is 19.1 Å². The van der Waals surface area contributed by atoms with Crippen LogP contribution in [-0.4, -0.2) is 57.2 Å². The van der Waals surface area contributed by atoms with Crippen molar-refractivity contribution in [2.45, 2.75) is 44.6 Å². The van der Waals surface area contributed by atoms with Gasteiger partial charge in [-0.05, 0) is 49.1 Å². The van der Waals surface area contributed by atoms with Gasteiger partial charge in [0.25, 0.3) is 5.91 Å². The zero-order chi connectivity index (χ0) is 20.9. The van der Waals surface area contributed by atoms with Gasteiger partial charge in [-0.2, -0.15) is 0 Å². The average Bonchev–Trinajstić information content (AvgIpc) is 3.22. The van der Waals surface area contributed by atoms with E-state index in [1.807, 2.05) is 54.4 Å². The van der Waals surface area contributed by atoms with E-state index >= 15 is 0 Å². The van der Waals surface area contributed by atoms with Crippen molar-refractivity contribution < 1.29 is 14.6 Å². The molecule has 30 heavy (non-hydrogen) atoms. The van der Waals surface area contributed by atoms with E-state index in [2.05, 4.69) is 10.2 Å². The molecule has 1 heterocycles. The van der Waals surface area contributed by atoms with Gasteiger partial charge >= 0.3 is 0 Å². The van der Waals surface area contributed by atoms with Crippen LogP contribution in [0.1, 0.15) is 37.7 Å². The van der Waals surface area contributed by atoms with Crippen molar-refractivity contribution in [2.75, 3.05) is 20.3 Å². The number of hydrogen-bond donors (Lipinski definition) is 1. The van der Waals surface area contributed by atoms with Gasteiger partial charge < -0.3 is 14.7 Å². The van der Waals surface area contributed by atoms with Crippen LogP contribution in [0.25, 0.3) is 16.7 Å². The van der Waals surface area contributed by atoms with E-state index < -0.39 is 0 Å². The molecule has 1 aliphatic rings. The first kappa shape index (κ1) is 20.3. The predicted molar refractivity (Wildman–Crippen MR) is 115 cm³/mol. The van der Waals surface area contributed by atoms with Crippen molar-refractivity contribution in [3.63, 3.8) is 0 Å². The number of amides is 1. The second-order valence-corrected chi connectivity index (χ2v) is 7.84. The summed E-state index contributed by atoms with van der Waals surface area (Å²) in [5, 5.41) is 18.4. The van der Waals surface area contributed by atoms with Crippen molar-refractivity contribution in [1.29, 1.82) is 0 Å². The zero-order valence-electron chi connectivity index (χ0n) is 17.3. The maximum Gasteiger partial charge on any atom is 0.260 e. The van der Waals surface area contributed by atoms with Crippen LogP contribution in [0.15, 0.2) is 42.5 Å². The highest BCUT2D eigenvalue weighted by molar-refractivity contribution is 5.78. The lowest BCUT2D eigenvalue weighted by Gasteiger charge is -2.31. The molecule has 0 bridgehead atoms. The number of aliphatic hydroxyl groups is 1. The smallest absolute Gasteiger partial charge is 0.260 e. The topological polar surface area (TPSA) is 80.5 Å². The van der Waals surface area contributed by atoms with Crippen molar-refractivity contribution in [3.05, 3.63) is 48.0 Å². The fourth-order valence-corrected chi connectivity index (χ4v) is 4.01. The number of nitrogens with zero attached hydrogens (tertiary/aromatic N) is 4. The average molecular weight is 409 g/mol. The SMILES string of the molecule is CN(C(=O)COc1ccc(CCO)cc1-n1nc2ccccc2n1)C1CCCCC1. The molecule has 0 radical (unpaired) electrons. The Kier molecular flexibility index (Phi) is 6.28. The first-order valence-electron chi connectivity index (χ1n) is 10.6. The van der Waals surface area contributed by atoms with Crippen molar-refractivity contribution >= 4 is 16.9 Å². The molecule has 0 atom stereocenters. The van der Waals surface area contributed by atoms with Crippen LogP contribution in [0, 0.1) is 0 Å². The Morgan fingerprint density at radius 1 is 1.13 bits per heavy atom. The molecule has 2 aromatic carbocycles. The van der Waals surface area contributed by atoms with Gasteiger partial charge in [0.05, 0.1) is 0 Å². The lowest BCUT2D eigenvalue weighted by molar-refractivity contribution is -0.134. The van der Waals surface area contributed by atoms with Gasteiger partial charge in [0.2, 0.25) is 0 Å². The standard InChI is InChI=1S/C23H28N4O3/c1-26(18-7-3-2-4-8-18)23(29)16-30-22-12-11-17(13-14-28)15-21(22)27-24-19-9-5-6-10-20(19)25-27/h5-6,9-12,15,18,28H,2-4,7-8,13-14,16H2,1H3. The van der Waals surface area contributed by atoms with E-state index in [4.69, 9.17) is 4.74 Å². The Labute approximate surface area is 176 Å². The van der Waals surface area contributed by atoms with E-state index in [1.54, 1.807) is 0 Å². The summed E-state index contributed by atoms with van der Waals surface area (Å²) in [6.45, 7) is 0.0267. The summed E-state index contributed by atoms with van der Waals surface area (Å²) in [5.41, 5.74) is 3.17. The molecule has 1 aromatic heterocycles. The van der Waals surface area contributed by atoms with Crippen LogP contribution in [0.4, 0.5) is 0 Å². The van der Waals surface area contributed by atoms with Gasteiger partial charge in [0, 0.05) is 19.7 Å². The molecule has 1 fully saturated rings. The molecule has 0 aliphatic heterocycles. The molecule has 1 N–H and O–H groups in total. The maximum atomic E-state index is 12.7. The number of benzene rings is 2. The number of carbonyl (C=O) groups is 1. The minimum atomic E-state index is -0.0276. The number of fused-ring (bicyclic) bond motifs is 1. The van der Waals surface area contributed by atoms with Crippen LogP contribution in [0.5, 0.6) is 5.75 Å². The Morgan fingerprint density at radius 2 is 1.83 bits per heavy atom. The molecule has 4 rings (SSSR count). The van der Waals surface area contributed by atoms with Crippen molar-refractivity contribution in [1.82, 2.24) is 19.9 Å². The van der Waals surface area contributed by atoms with Crippen LogP contribution >= 0.6 is 0 Å². The minimum Gasteiger partial charge on any atom is -0.481 e. The van der Waals surface area contributed by atoms with Gasteiger partial charge in [0.15, 0.2) is 6.61 Å². The number of carbonyl (C=O) groups excluding carboxylic acids is 1. The number of hydrogen-bond acceptors (Lipinski definition) is 5. The Morgan fingerprint density at radius 3 is 2.50 bits per heavy atom. The lowest BCUT2D eigenvalue weighted by Crippen LogP contribution is -2.40. The van der Waals surface area contributed by atoms with Gasteiger partial charge in [-0.1, -0.05) is 37.5 Å². The third-order valence-electron chi connectivity index (χ3n) is 5.79. The number of ether oxygens (including phenoxy) is 1. The number of aromatic nitrogens is 3. The van der Waals surface area contributed by atoms with E-state index in [9.17, 15) is 9.90 Å². The Bertz CT molecular complexity index is 978. The minimum absolute atomic E-state index is 0.0223. The number of aliphatic hydroxyl groups excluding tert-OH is 1. The summed E-state index contributed by atoms with van der Waals surface area (Å²) in [6.07, 6.45) is 6.26.